The van der Waals surface area contributed by atoms with Crippen LogP contribution in [0, 0.1) is 5.92 Å². The van der Waals surface area contributed by atoms with Gasteiger partial charge in [0.1, 0.15) is 5.75 Å². The molecule has 0 saturated carbocycles. The Balaban J connectivity index is 1.84. The summed E-state index contributed by atoms with van der Waals surface area (Å²) < 4.78 is 5.48. The molecule has 0 radical (unpaired) electrons. The lowest BCUT2D eigenvalue weighted by molar-refractivity contribution is -0.136. The van der Waals surface area contributed by atoms with E-state index in [2.05, 4.69) is 5.32 Å². The van der Waals surface area contributed by atoms with Crippen molar-refractivity contribution in [3.63, 3.8) is 0 Å². The highest BCUT2D eigenvalue weighted by molar-refractivity contribution is 5.81. The van der Waals surface area contributed by atoms with E-state index in [1.165, 1.54) is 0 Å². The van der Waals surface area contributed by atoms with Gasteiger partial charge >= 0.3 is 0 Å². The second kappa shape index (κ2) is 6.97. The first kappa shape index (κ1) is 15.2. The van der Waals surface area contributed by atoms with Crippen molar-refractivity contribution >= 4 is 17.5 Å². The van der Waals surface area contributed by atoms with Crippen LogP contribution in [-0.4, -0.2) is 43.5 Å². The molecule has 1 aliphatic rings. The van der Waals surface area contributed by atoms with E-state index in [0.717, 1.165) is 18.5 Å². The third-order valence-corrected chi connectivity index (χ3v) is 3.68. The molecule has 21 heavy (non-hydrogen) atoms. The van der Waals surface area contributed by atoms with E-state index in [-0.39, 0.29) is 24.3 Å². The molecule has 3 N–H and O–H groups in total. The van der Waals surface area contributed by atoms with Crippen LogP contribution in [0.1, 0.15) is 12.8 Å². The zero-order valence-electron chi connectivity index (χ0n) is 12.2. The van der Waals surface area contributed by atoms with Gasteiger partial charge in [-0.3, -0.25) is 9.59 Å². The van der Waals surface area contributed by atoms with Crippen LogP contribution in [0.15, 0.2) is 24.3 Å². The molecule has 1 aromatic rings. The molecule has 1 atom stereocenters. The third-order valence-electron chi connectivity index (χ3n) is 3.68. The summed E-state index contributed by atoms with van der Waals surface area (Å²) >= 11 is 0. The number of nitrogens with two attached hydrogens (primary N) is 1. The summed E-state index contributed by atoms with van der Waals surface area (Å²) in [6.07, 6.45) is 1.56. The summed E-state index contributed by atoms with van der Waals surface area (Å²) in [4.78, 5) is 25.0. The number of carbonyl (C=O) groups is 2. The van der Waals surface area contributed by atoms with Crippen LogP contribution in [-0.2, 0) is 9.59 Å². The number of ether oxygens (including phenoxy) is 1. The van der Waals surface area contributed by atoms with Crippen LogP contribution in [0.3, 0.4) is 0 Å². The lowest BCUT2D eigenvalue weighted by Gasteiger charge is -2.31. The number of nitrogens with one attached hydrogen (secondary N) is 1. The average Bonchev–Trinajstić information content (AvgIpc) is 2.53. The maximum absolute atomic E-state index is 12.1. The summed E-state index contributed by atoms with van der Waals surface area (Å²) in [7, 11) is 1.84. The predicted octanol–water partition coefficient (Wildman–Crippen LogP) is 0.831. The molecule has 1 aromatic carbocycles. The van der Waals surface area contributed by atoms with E-state index < -0.39 is 0 Å². The predicted molar refractivity (Wildman–Crippen MR) is 80.0 cm³/mol. The van der Waals surface area contributed by atoms with E-state index in [9.17, 15) is 9.59 Å². The molecule has 1 aliphatic heterocycles. The number of likely N-dealkylation sites (tertiary alicyclic amines) is 1. The van der Waals surface area contributed by atoms with Crippen molar-refractivity contribution in [2.24, 2.45) is 11.7 Å². The highest BCUT2D eigenvalue weighted by Crippen LogP contribution is 2.18. The molecule has 2 amide bonds. The first-order valence-electron chi connectivity index (χ1n) is 7.08. The first-order valence-corrected chi connectivity index (χ1v) is 7.08. The minimum absolute atomic E-state index is 0.0234. The van der Waals surface area contributed by atoms with E-state index in [0.29, 0.717) is 18.8 Å². The minimum Gasteiger partial charge on any atom is -0.484 e. The Morgan fingerprint density at radius 2 is 2.10 bits per heavy atom. The molecule has 114 valence electrons. The van der Waals surface area contributed by atoms with Crippen LogP contribution in [0.25, 0.3) is 0 Å². The molecular formula is C15H21N3O3. The fraction of sp³-hybridized carbons (Fsp3) is 0.467. The molecule has 0 bridgehead atoms. The van der Waals surface area contributed by atoms with Crippen LogP contribution < -0.4 is 15.8 Å². The molecule has 1 unspecified atom stereocenters. The molecule has 6 nitrogen and oxygen atoms in total. The van der Waals surface area contributed by atoms with Gasteiger partial charge in [0.05, 0.1) is 5.92 Å². The van der Waals surface area contributed by atoms with Gasteiger partial charge in [0, 0.05) is 25.8 Å². The third kappa shape index (κ3) is 4.11. The van der Waals surface area contributed by atoms with Gasteiger partial charge in [0.25, 0.3) is 5.91 Å². The lowest BCUT2D eigenvalue weighted by atomic mass is 9.97. The summed E-state index contributed by atoms with van der Waals surface area (Å²) in [5, 5.41) is 3.01. The van der Waals surface area contributed by atoms with Gasteiger partial charge in [-0.1, -0.05) is 0 Å². The monoisotopic (exact) mass is 291 g/mol. The van der Waals surface area contributed by atoms with Crippen molar-refractivity contribution in [1.82, 2.24) is 4.90 Å². The highest BCUT2D eigenvalue weighted by Gasteiger charge is 2.26. The normalized spacial score (nSPS) is 18.1. The maximum Gasteiger partial charge on any atom is 0.260 e. The Hall–Kier alpha value is -2.24. The smallest absolute Gasteiger partial charge is 0.260 e. The number of hydrogen-bond acceptors (Lipinski definition) is 4. The molecular weight excluding hydrogens is 270 g/mol. The Labute approximate surface area is 124 Å². The van der Waals surface area contributed by atoms with Gasteiger partial charge in [-0.15, -0.1) is 0 Å². The van der Waals surface area contributed by atoms with E-state index in [4.69, 9.17) is 10.5 Å². The lowest BCUT2D eigenvalue weighted by Crippen LogP contribution is -2.45. The number of hydrogen-bond donors (Lipinski definition) is 2. The quantitative estimate of drug-likeness (QED) is 0.841. The second-order valence-corrected chi connectivity index (χ2v) is 5.14. The number of benzene rings is 1. The molecule has 2 rings (SSSR count). The summed E-state index contributed by atoms with van der Waals surface area (Å²) in [5.74, 6) is -0.0434. The first-order chi connectivity index (χ1) is 10.1. The fourth-order valence-electron chi connectivity index (χ4n) is 2.39. The SMILES string of the molecule is CNc1ccc(OCC(=O)N2CCCC(C(N)=O)C2)cc1. The van der Waals surface area contributed by atoms with Gasteiger partial charge < -0.3 is 20.7 Å². The number of amides is 2. The van der Waals surface area contributed by atoms with E-state index in [1.807, 2.05) is 31.3 Å². The molecule has 1 heterocycles. The Bertz CT molecular complexity index is 501. The molecule has 0 aromatic heterocycles. The number of anilines is 1. The summed E-state index contributed by atoms with van der Waals surface area (Å²) in [6.45, 7) is 1.03. The molecule has 0 aliphatic carbocycles. The van der Waals surface area contributed by atoms with Crippen molar-refractivity contribution in [3.8, 4) is 5.75 Å². The van der Waals surface area contributed by atoms with Crippen molar-refractivity contribution in [3.05, 3.63) is 24.3 Å². The van der Waals surface area contributed by atoms with E-state index in [1.54, 1.807) is 4.90 Å². The van der Waals surface area contributed by atoms with Crippen LogP contribution in [0.5, 0.6) is 5.75 Å². The topological polar surface area (TPSA) is 84.7 Å². The van der Waals surface area contributed by atoms with Crippen molar-refractivity contribution < 1.29 is 14.3 Å². The molecule has 1 fully saturated rings. The molecule has 1 saturated heterocycles. The van der Waals surface area contributed by atoms with Gasteiger partial charge in [0.2, 0.25) is 5.91 Å². The summed E-state index contributed by atoms with van der Waals surface area (Å²) in [6, 6.07) is 7.37. The second-order valence-electron chi connectivity index (χ2n) is 5.14. The van der Waals surface area contributed by atoms with Gasteiger partial charge in [-0.05, 0) is 37.1 Å². The maximum atomic E-state index is 12.1. The van der Waals surface area contributed by atoms with Crippen LogP contribution in [0.2, 0.25) is 0 Å². The van der Waals surface area contributed by atoms with Crippen molar-refractivity contribution in [2.75, 3.05) is 32.1 Å². The number of piperidine rings is 1. The number of primary amides is 1. The largest absolute Gasteiger partial charge is 0.484 e. The van der Waals surface area contributed by atoms with Crippen LogP contribution >= 0.6 is 0 Å². The molecule has 0 spiro atoms. The van der Waals surface area contributed by atoms with Crippen LogP contribution in [0.4, 0.5) is 5.69 Å². The van der Waals surface area contributed by atoms with Crippen molar-refractivity contribution in [1.29, 1.82) is 0 Å². The standard InChI is InChI=1S/C15H21N3O3/c1-17-12-4-6-13(7-5-12)21-10-14(19)18-8-2-3-11(9-18)15(16)20/h4-7,11,17H,2-3,8-10H2,1H3,(H2,16,20). The number of rotatable bonds is 5. The van der Waals surface area contributed by atoms with E-state index >= 15 is 0 Å². The zero-order valence-corrected chi connectivity index (χ0v) is 12.2. The molecule has 6 heteroatoms. The average molecular weight is 291 g/mol. The Morgan fingerprint density at radius 3 is 2.71 bits per heavy atom. The Morgan fingerprint density at radius 1 is 1.38 bits per heavy atom. The zero-order chi connectivity index (χ0) is 15.2. The fourth-order valence-corrected chi connectivity index (χ4v) is 2.39. The van der Waals surface area contributed by atoms with Crippen molar-refractivity contribution in [2.45, 2.75) is 12.8 Å². The summed E-state index contributed by atoms with van der Waals surface area (Å²) in [5.41, 5.74) is 6.29. The number of nitrogens with zero attached hydrogens (tertiary/aromatic N) is 1. The van der Waals surface area contributed by atoms with Gasteiger partial charge in [-0.2, -0.15) is 0 Å². The Kier molecular flexibility index (Phi) is 5.03. The number of carbonyl (C=O) groups excluding carboxylic acids is 2. The highest BCUT2D eigenvalue weighted by atomic mass is 16.5. The van der Waals surface area contributed by atoms with Gasteiger partial charge in [-0.25, -0.2) is 0 Å². The minimum atomic E-state index is -0.337. The van der Waals surface area contributed by atoms with Gasteiger partial charge in [0.15, 0.2) is 6.61 Å².